The lowest BCUT2D eigenvalue weighted by Gasteiger charge is -2.13. The van der Waals surface area contributed by atoms with Crippen LogP contribution in [0.15, 0.2) is 59.5 Å². The molecule has 0 radical (unpaired) electrons. The molecule has 0 aliphatic carbocycles. The Morgan fingerprint density at radius 3 is 2.27 bits per heavy atom. The van der Waals surface area contributed by atoms with Gasteiger partial charge in [-0.2, -0.15) is 10.2 Å². The van der Waals surface area contributed by atoms with Crippen LogP contribution in [0.4, 0.5) is 0 Å². The molecule has 4 aromatic rings. The van der Waals surface area contributed by atoms with Gasteiger partial charge in [-0.3, -0.25) is 4.79 Å². The van der Waals surface area contributed by atoms with E-state index in [2.05, 4.69) is 24.0 Å². The SMILES string of the molecule is COc1cc(Cn2nc(C(C)C)c3cnn(-c4ccccc4)c3c2=O)cc(OC)c1. The molecule has 0 unspecified atom stereocenters. The topological polar surface area (TPSA) is 71.2 Å². The number of fused-ring (bicyclic) bond motifs is 1. The quantitative estimate of drug-likeness (QED) is 0.489. The van der Waals surface area contributed by atoms with E-state index in [1.807, 2.05) is 42.5 Å². The lowest BCUT2D eigenvalue weighted by molar-refractivity contribution is 0.393. The number of nitrogens with zero attached hydrogens (tertiary/aromatic N) is 4. The molecule has 2 aromatic carbocycles. The predicted octanol–water partition coefficient (Wildman–Crippen LogP) is 3.77. The highest BCUT2D eigenvalue weighted by Gasteiger charge is 2.19. The molecule has 0 N–H and O–H groups in total. The summed E-state index contributed by atoms with van der Waals surface area (Å²) in [7, 11) is 3.20. The summed E-state index contributed by atoms with van der Waals surface area (Å²) in [5, 5.41) is 9.95. The van der Waals surface area contributed by atoms with Crippen molar-refractivity contribution in [2.75, 3.05) is 14.2 Å². The highest BCUT2D eigenvalue weighted by Crippen LogP contribution is 2.25. The highest BCUT2D eigenvalue weighted by atomic mass is 16.5. The lowest BCUT2D eigenvalue weighted by Crippen LogP contribution is -2.27. The van der Waals surface area contributed by atoms with Gasteiger partial charge >= 0.3 is 0 Å². The fraction of sp³-hybridized carbons (Fsp3) is 0.261. The average molecular weight is 404 g/mol. The molecule has 0 fully saturated rings. The molecule has 0 bridgehead atoms. The fourth-order valence-corrected chi connectivity index (χ4v) is 3.52. The van der Waals surface area contributed by atoms with Crippen LogP contribution in [0.3, 0.4) is 0 Å². The van der Waals surface area contributed by atoms with Crippen LogP contribution >= 0.6 is 0 Å². The van der Waals surface area contributed by atoms with Gasteiger partial charge in [-0.1, -0.05) is 32.0 Å². The molecule has 2 aromatic heterocycles. The zero-order valence-corrected chi connectivity index (χ0v) is 17.5. The maximum atomic E-state index is 13.4. The summed E-state index contributed by atoms with van der Waals surface area (Å²) in [6, 6.07) is 15.2. The van der Waals surface area contributed by atoms with Crippen molar-refractivity contribution in [1.29, 1.82) is 0 Å². The van der Waals surface area contributed by atoms with Crippen LogP contribution < -0.4 is 15.0 Å². The molecule has 0 aliphatic rings. The smallest absolute Gasteiger partial charge is 0.293 e. The molecular formula is C23H24N4O3. The van der Waals surface area contributed by atoms with E-state index in [4.69, 9.17) is 9.47 Å². The summed E-state index contributed by atoms with van der Waals surface area (Å²) in [6.45, 7) is 4.41. The zero-order chi connectivity index (χ0) is 21.3. The normalized spacial score (nSPS) is 11.2. The molecule has 0 amide bonds. The predicted molar refractivity (Wildman–Crippen MR) is 116 cm³/mol. The molecule has 2 heterocycles. The van der Waals surface area contributed by atoms with E-state index in [-0.39, 0.29) is 11.5 Å². The van der Waals surface area contributed by atoms with Crippen LogP contribution in [0.1, 0.15) is 31.0 Å². The van der Waals surface area contributed by atoms with E-state index in [0.717, 1.165) is 22.3 Å². The van der Waals surface area contributed by atoms with Gasteiger partial charge in [0.2, 0.25) is 0 Å². The first-order valence-corrected chi connectivity index (χ1v) is 9.78. The number of hydrogen-bond acceptors (Lipinski definition) is 5. The van der Waals surface area contributed by atoms with Crippen LogP contribution in [-0.2, 0) is 6.54 Å². The number of ether oxygens (including phenoxy) is 2. The third-order valence-corrected chi connectivity index (χ3v) is 5.00. The van der Waals surface area contributed by atoms with Crippen molar-refractivity contribution in [3.8, 4) is 17.2 Å². The standard InChI is InChI=1S/C23H24N4O3/c1-15(2)21-20-13-24-27(17-8-6-5-7-9-17)22(20)23(28)26(25-21)14-16-10-18(29-3)12-19(11-16)30-4/h5-13,15H,14H2,1-4H3. The van der Waals surface area contributed by atoms with Crippen molar-refractivity contribution in [3.63, 3.8) is 0 Å². The Hall–Kier alpha value is -3.61. The maximum Gasteiger partial charge on any atom is 0.293 e. The van der Waals surface area contributed by atoms with Gasteiger partial charge in [-0.15, -0.1) is 0 Å². The average Bonchev–Trinajstić information content (AvgIpc) is 3.21. The van der Waals surface area contributed by atoms with E-state index < -0.39 is 0 Å². The van der Waals surface area contributed by atoms with E-state index in [9.17, 15) is 4.79 Å². The van der Waals surface area contributed by atoms with Gasteiger partial charge < -0.3 is 9.47 Å². The second kappa shape index (κ2) is 8.02. The van der Waals surface area contributed by atoms with E-state index in [1.165, 1.54) is 4.68 Å². The molecule has 154 valence electrons. The number of methoxy groups -OCH3 is 2. The monoisotopic (exact) mass is 404 g/mol. The van der Waals surface area contributed by atoms with Gasteiger partial charge in [0.25, 0.3) is 5.56 Å². The van der Waals surface area contributed by atoms with E-state index >= 15 is 0 Å². The molecule has 0 saturated heterocycles. The Morgan fingerprint density at radius 2 is 1.67 bits per heavy atom. The molecule has 0 spiro atoms. The van der Waals surface area contributed by atoms with Gasteiger partial charge in [0.05, 0.1) is 38.3 Å². The minimum absolute atomic E-state index is 0.132. The van der Waals surface area contributed by atoms with Crippen LogP contribution in [-0.4, -0.2) is 33.8 Å². The first-order chi connectivity index (χ1) is 14.5. The second-order valence-electron chi connectivity index (χ2n) is 7.38. The lowest BCUT2D eigenvalue weighted by atomic mass is 10.1. The molecule has 0 atom stereocenters. The van der Waals surface area contributed by atoms with Crippen molar-refractivity contribution >= 4 is 10.9 Å². The first-order valence-electron chi connectivity index (χ1n) is 9.78. The molecule has 30 heavy (non-hydrogen) atoms. The van der Waals surface area contributed by atoms with Gasteiger partial charge in [0.1, 0.15) is 17.0 Å². The third kappa shape index (κ3) is 3.54. The molecule has 7 heteroatoms. The zero-order valence-electron chi connectivity index (χ0n) is 17.5. The van der Waals surface area contributed by atoms with Crippen molar-refractivity contribution < 1.29 is 9.47 Å². The number of aromatic nitrogens is 4. The highest BCUT2D eigenvalue weighted by molar-refractivity contribution is 5.82. The molecule has 0 saturated carbocycles. The molecular weight excluding hydrogens is 380 g/mol. The van der Waals surface area contributed by atoms with Crippen LogP contribution in [0.25, 0.3) is 16.6 Å². The van der Waals surface area contributed by atoms with Crippen molar-refractivity contribution in [2.24, 2.45) is 0 Å². The van der Waals surface area contributed by atoms with Crippen LogP contribution in [0.2, 0.25) is 0 Å². The molecule has 7 nitrogen and oxygen atoms in total. The van der Waals surface area contributed by atoms with E-state index in [1.54, 1.807) is 31.2 Å². The Kier molecular flexibility index (Phi) is 5.27. The van der Waals surface area contributed by atoms with Crippen molar-refractivity contribution in [3.05, 3.63) is 76.3 Å². The third-order valence-electron chi connectivity index (χ3n) is 5.00. The minimum Gasteiger partial charge on any atom is -0.497 e. The number of hydrogen-bond donors (Lipinski definition) is 0. The Bertz CT molecular complexity index is 1220. The first kappa shape index (κ1) is 19.7. The minimum atomic E-state index is -0.197. The van der Waals surface area contributed by atoms with Gasteiger partial charge in [-0.25, -0.2) is 9.36 Å². The summed E-state index contributed by atoms with van der Waals surface area (Å²) in [5.41, 5.74) is 2.86. The second-order valence-corrected chi connectivity index (χ2v) is 7.38. The van der Waals surface area contributed by atoms with Gasteiger partial charge in [0.15, 0.2) is 0 Å². The summed E-state index contributed by atoms with van der Waals surface area (Å²) < 4.78 is 13.9. The number of para-hydroxylation sites is 1. The summed E-state index contributed by atoms with van der Waals surface area (Å²) in [6.07, 6.45) is 1.73. The number of rotatable bonds is 6. The van der Waals surface area contributed by atoms with Gasteiger partial charge in [0, 0.05) is 11.5 Å². The van der Waals surface area contributed by atoms with E-state index in [0.29, 0.717) is 23.6 Å². The summed E-state index contributed by atoms with van der Waals surface area (Å²) in [5.74, 6) is 1.46. The Balaban J connectivity index is 1.91. The van der Waals surface area contributed by atoms with Crippen LogP contribution in [0.5, 0.6) is 11.5 Å². The summed E-state index contributed by atoms with van der Waals surface area (Å²) >= 11 is 0. The van der Waals surface area contributed by atoms with Crippen molar-refractivity contribution in [1.82, 2.24) is 19.6 Å². The maximum absolute atomic E-state index is 13.4. The Labute approximate surface area is 174 Å². The summed E-state index contributed by atoms with van der Waals surface area (Å²) in [4.78, 5) is 13.4. The number of benzene rings is 2. The van der Waals surface area contributed by atoms with Crippen LogP contribution in [0, 0.1) is 0 Å². The van der Waals surface area contributed by atoms with Crippen molar-refractivity contribution in [2.45, 2.75) is 26.3 Å². The molecule has 4 rings (SSSR count). The molecule has 0 aliphatic heterocycles. The van der Waals surface area contributed by atoms with Gasteiger partial charge in [-0.05, 0) is 35.7 Å². The largest absolute Gasteiger partial charge is 0.497 e. The fourth-order valence-electron chi connectivity index (χ4n) is 3.52. The Morgan fingerprint density at radius 1 is 1.00 bits per heavy atom.